The van der Waals surface area contributed by atoms with Crippen molar-refractivity contribution in [3.63, 3.8) is 0 Å². The summed E-state index contributed by atoms with van der Waals surface area (Å²) in [6, 6.07) is 11.7. The number of hydrogen-bond donors (Lipinski definition) is 0. The lowest BCUT2D eigenvalue weighted by Crippen LogP contribution is -2.57. The molecule has 0 bridgehead atoms. The largest absolute Gasteiger partial charge is 0.371 e. The van der Waals surface area contributed by atoms with Crippen LogP contribution in [-0.2, 0) is 4.79 Å². The number of rotatable bonds is 3. The molecule has 2 aliphatic rings. The summed E-state index contributed by atoms with van der Waals surface area (Å²) in [5.74, 6) is 0.548. The summed E-state index contributed by atoms with van der Waals surface area (Å²) in [4.78, 5) is 24.7. The lowest BCUT2D eigenvalue weighted by atomic mass is 9.94. The summed E-state index contributed by atoms with van der Waals surface area (Å²) in [7, 11) is 0. The quantitative estimate of drug-likeness (QED) is 0.734. The van der Waals surface area contributed by atoms with E-state index in [1.54, 1.807) is 0 Å². The Morgan fingerprint density at radius 3 is 2.47 bits per heavy atom. The van der Waals surface area contributed by atoms with Crippen molar-refractivity contribution in [1.29, 1.82) is 0 Å². The Labute approximate surface area is 186 Å². The minimum absolute atomic E-state index is 0. The van der Waals surface area contributed by atoms with Crippen molar-refractivity contribution in [3.05, 3.63) is 36.0 Å². The SMILES string of the molecule is Cc1ccc2cc(N3CCC(C(=O)N4CCN(C(C)C)C(C)C4)CC3)ccc2n1.Cl. The first-order valence-corrected chi connectivity index (χ1v) is 11.1. The molecule has 0 aliphatic carbocycles. The first kappa shape index (κ1) is 22.8. The summed E-state index contributed by atoms with van der Waals surface area (Å²) in [6.45, 7) is 13.4. The number of piperazine rings is 1. The predicted octanol–water partition coefficient (Wildman–Crippen LogP) is 4.12. The maximum Gasteiger partial charge on any atom is 0.225 e. The van der Waals surface area contributed by atoms with Crippen LogP contribution in [0, 0.1) is 12.8 Å². The summed E-state index contributed by atoms with van der Waals surface area (Å²) in [5, 5.41) is 1.18. The van der Waals surface area contributed by atoms with E-state index >= 15 is 0 Å². The van der Waals surface area contributed by atoms with Gasteiger partial charge in [0.05, 0.1) is 5.52 Å². The molecule has 1 amide bonds. The molecule has 4 rings (SSSR count). The Kier molecular flexibility index (Phi) is 7.25. The van der Waals surface area contributed by atoms with Crippen LogP contribution in [0.5, 0.6) is 0 Å². The minimum Gasteiger partial charge on any atom is -0.371 e. The summed E-state index contributed by atoms with van der Waals surface area (Å²) in [5.41, 5.74) is 3.34. The third kappa shape index (κ3) is 4.73. The lowest BCUT2D eigenvalue weighted by Gasteiger charge is -2.43. The predicted molar refractivity (Wildman–Crippen MR) is 127 cm³/mol. The van der Waals surface area contributed by atoms with Gasteiger partial charge in [-0.05, 0) is 64.8 Å². The average Bonchev–Trinajstić information content (AvgIpc) is 2.72. The van der Waals surface area contributed by atoms with Crippen molar-refractivity contribution in [3.8, 4) is 0 Å². The van der Waals surface area contributed by atoms with Gasteiger partial charge in [-0.2, -0.15) is 0 Å². The maximum absolute atomic E-state index is 13.1. The fraction of sp³-hybridized carbons (Fsp3) is 0.583. The molecule has 2 fully saturated rings. The normalized spacial score (nSPS) is 21.2. The van der Waals surface area contributed by atoms with Crippen molar-refractivity contribution in [2.24, 2.45) is 5.92 Å². The number of piperidine rings is 1. The van der Waals surface area contributed by atoms with E-state index in [1.807, 2.05) is 6.92 Å². The second-order valence-corrected chi connectivity index (χ2v) is 9.06. The van der Waals surface area contributed by atoms with Crippen LogP contribution < -0.4 is 4.90 Å². The van der Waals surface area contributed by atoms with Crippen LogP contribution in [0.3, 0.4) is 0 Å². The van der Waals surface area contributed by atoms with Crippen LogP contribution >= 0.6 is 12.4 Å². The van der Waals surface area contributed by atoms with E-state index in [9.17, 15) is 4.79 Å². The van der Waals surface area contributed by atoms with Crippen LogP contribution in [0.15, 0.2) is 30.3 Å². The Bertz CT molecular complexity index is 879. The molecule has 2 aromatic rings. The molecule has 6 heteroatoms. The van der Waals surface area contributed by atoms with E-state index < -0.39 is 0 Å². The maximum atomic E-state index is 13.1. The second-order valence-electron chi connectivity index (χ2n) is 9.06. The molecule has 0 radical (unpaired) electrons. The zero-order chi connectivity index (χ0) is 20.5. The Morgan fingerprint density at radius 1 is 1.07 bits per heavy atom. The van der Waals surface area contributed by atoms with E-state index in [0.29, 0.717) is 18.0 Å². The number of fused-ring (bicyclic) bond motifs is 1. The van der Waals surface area contributed by atoms with E-state index in [-0.39, 0.29) is 18.3 Å². The number of amides is 1. The molecular weight excluding hydrogens is 396 g/mol. The molecule has 30 heavy (non-hydrogen) atoms. The van der Waals surface area contributed by atoms with Gasteiger partial charge in [0.2, 0.25) is 5.91 Å². The fourth-order valence-corrected chi connectivity index (χ4v) is 4.99. The molecule has 0 N–H and O–H groups in total. The number of halogens is 1. The number of nitrogens with zero attached hydrogens (tertiary/aromatic N) is 4. The fourth-order valence-electron chi connectivity index (χ4n) is 4.99. The van der Waals surface area contributed by atoms with Crippen LogP contribution in [0.4, 0.5) is 5.69 Å². The lowest BCUT2D eigenvalue weighted by molar-refractivity contribution is -0.139. The van der Waals surface area contributed by atoms with E-state index in [0.717, 1.165) is 56.8 Å². The molecule has 0 spiro atoms. The minimum atomic E-state index is 0. The van der Waals surface area contributed by atoms with E-state index in [2.05, 4.69) is 70.8 Å². The highest BCUT2D eigenvalue weighted by Crippen LogP contribution is 2.28. The number of hydrogen-bond acceptors (Lipinski definition) is 4. The van der Waals surface area contributed by atoms with Crippen molar-refractivity contribution in [2.45, 2.75) is 52.6 Å². The van der Waals surface area contributed by atoms with Gasteiger partial charge < -0.3 is 9.80 Å². The zero-order valence-corrected chi connectivity index (χ0v) is 19.5. The molecule has 1 unspecified atom stereocenters. The van der Waals surface area contributed by atoms with Crippen molar-refractivity contribution < 1.29 is 4.79 Å². The van der Waals surface area contributed by atoms with Crippen LogP contribution in [-0.4, -0.2) is 65.5 Å². The topological polar surface area (TPSA) is 39.7 Å². The summed E-state index contributed by atoms with van der Waals surface area (Å²) in [6.07, 6.45) is 1.89. The van der Waals surface area contributed by atoms with Gasteiger partial charge in [-0.1, -0.05) is 6.07 Å². The van der Waals surface area contributed by atoms with Gasteiger partial charge in [0, 0.05) is 67.5 Å². The van der Waals surface area contributed by atoms with Crippen LogP contribution in [0.25, 0.3) is 10.9 Å². The molecule has 1 aromatic heterocycles. The highest BCUT2D eigenvalue weighted by Gasteiger charge is 2.33. The standard InChI is InChI=1S/C24H34N4O.ClH/c1-17(2)28-14-13-27(16-19(28)4)24(29)20-9-11-26(12-10-20)22-7-8-23-21(15-22)6-5-18(3)25-23;/h5-8,15,17,19-20H,9-14,16H2,1-4H3;1H. The molecule has 1 atom stereocenters. The Morgan fingerprint density at radius 2 is 1.80 bits per heavy atom. The number of benzene rings is 1. The molecule has 164 valence electrons. The number of anilines is 1. The van der Waals surface area contributed by atoms with Gasteiger partial charge >= 0.3 is 0 Å². The van der Waals surface area contributed by atoms with Crippen LogP contribution in [0.1, 0.15) is 39.3 Å². The average molecular weight is 431 g/mol. The Hall–Kier alpha value is -1.85. The molecule has 0 saturated carbocycles. The van der Waals surface area contributed by atoms with Gasteiger partial charge in [0.1, 0.15) is 0 Å². The van der Waals surface area contributed by atoms with Gasteiger partial charge in [0.25, 0.3) is 0 Å². The smallest absolute Gasteiger partial charge is 0.225 e. The van der Waals surface area contributed by atoms with Gasteiger partial charge in [0.15, 0.2) is 0 Å². The number of pyridine rings is 1. The number of carbonyl (C=O) groups is 1. The first-order valence-electron chi connectivity index (χ1n) is 11.1. The monoisotopic (exact) mass is 430 g/mol. The first-order chi connectivity index (χ1) is 13.9. The third-order valence-corrected chi connectivity index (χ3v) is 6.68. The molecule has 1 aromatic carbocycles. The van der Waals surface area contributed by atoms with Crippen molar-refractivity contribution in [2.75, 3.05) is 37.6 Å². The van der Waals surface area contributed by atoms with Gasteiger partial charge in [-0.25, -0.2) is 0 Å². The molecule has 3 heterocycles. The van der Waals surface area contributed by atoms with Crippen LogP contribution in [0.2, 0.25) is 0 Å². The Balaban J connectivity index is 0.00000256. The highest BCUT2D eigenvalue weighted by atomic mass is 35.5. The van der Waals surface area contributed by atoms with E-state index in [1.165, 1.54) is 11.1 Å². The number of aromatic nitrogens is 1. The number of carbonyl (C=O) groups excluding carboxylic acids is 1. The highest BCUT2D eigenvalue weighted by molar-refractivity contribution is 5.85. The molecular formula is C24H35ClN4O. The van der Waals surface area contributed by atoms with Gasteiger partial charge in [-0.15, -0.1) is 12.4 Å². The summed E-state index contributed by atoms with van der Waals surface area (Å²) >= 11 is 0. The van der Waals surface area contributed by atoms with Gasteiger partial charge in [-0.3, -0.25) is 14.7 Å². The zero-order valence-electron chi connectivity index (χ0n) is 18.7. The van der Waals surface area contributed by atoms with E-state index in [4.69, 9.17) is 0 Å². The number of aryl methyl sites for hydroxylation is 1. The van der Waals surface area contributed by atoms with Crippen molar-refractivity contribution >= 4 is 34.9 Å². The summed E-state index contributed by atoms with van der Waals surface area (Å²) < 4.78 is 0. The second kappa shape index (κ2) is 9.52. The van der Waals surface area contributed by atoms with Crippen molar-refractivity contribution in [1.82, 2.24) is 14.8 Å². The molecule has 5 nitrogen and oxygen atoms in total. The molecule has 2 saturated heterocycles. The third-order valence-electron chi connectivity index (χ3n) is 6.68. The molecule has 2 aliphatic heterocycles.